The molecule has 0 fully saturated rings. The van der Waals surface area contributed by atoms with Gasteiger partial charge < -0.3 is 5.11 Å². The topological polar surface area (TPSA) is 70.0 Å². The molecule has 3 rings (SSSR count). The number of carboxylic acid groups (broad SMARTS) is 1. The molecule has 1 atom stereocenters. The zero-order valence-corrected chi connectivity index (χ0v) is 14.2. The normalized spacial score (nSPS) is 16.8. The number of carbonyl (C=O) groups excluding carboxylic acids is 1. The predicted molar refractivity (Wildman–Crippen MR) is 92.9 cm³/mol. The first-order valence-corrected chi connectivity index (χ1v) is 8.83. The van der Waals surface area contributed by atoms with E-state index < -0.39 is 5.97 Å². The van der Waals surface area contributed by atoms with Gasteiger partial charge in [0.05, 0.1) is 16.6 Å². The molecular formula is C18H17FN2O3S. The summed E-state index contributed by atoms with van der Waals surface area (Å²) in [4.78, 5) is 24.2. The second-order valence-corrected chi connectivity index (χ2v) is 6.73. The van der Waals surface area contributed by atoms with Crippen molar-refractivity contribution in [1.29, 1.82) is 0 Å². The van der Waals surface area contributed by atoms with Crippen molar-refractivity contribution in [3.63, 3.8) is 0 Å². The number of nitrogens with zero attached hydrogens (tertiary/aromatic N) is 2. The van der Waals surface area contributed by atoms with Crippen molar-refractivity contribution >= 4 is 28.9 Å². The average molecular weight is 360 g/mol. The van der Waals surface area contributed by atoms with E-state index in [2.05, 4.69) is 5.10 Å². The summed E-state index contributed by atoms with van der Waals surface area (Å²) in [5, 5.41) is 16.6. The number of hydrogen-bond donors (Lipinski definition) is 1. The molecule has 0 aliphatic carbocycles. The first kappa shape index (κ1) is 17.3. The molecule has 0 spiro atoms. The summed E-state index contributed by atoms with van der Waals surface area (Å²) >= 11 is 1.55. The van der Waals surface area contributed by atoms with Gasteiger partial charge in [0.2, 0.25) is 5.91 Å². The zero-order valence-electron chi connectivity index (χ0n) is 13.4. The quantitative estimate of drug-likeness (QED) is 0.851. The van der Waals surface area contributed by atoms with Gasteiger partial charge in [-0.25, -0.2) is 9.40 Å². The molecule has 0 radical (unpaired) electrons. The van der Waals surface area contributed by atoms with Gasteiger partial charge in [-0.1, -0.05) is 18.2 Å². The maximum atomic E-state index is 13.2. The van der Waals surface area contributed by atoms with Gasteiger partial charge in [0, 0.05) is 19.3 Å². The summed E-state index contributed by atoms with van der Waals surface area (Å²) in [5.41, 5.74) is 1.62. The molecule has 0 saturated carbocycles. The highest BCUT2D eigenvalue weighted by Crippen LogP contribution is 2.34. The van der Waals surface area contributed by atoms with Crippen LogP contribution in [0.4, 0.5) is 4.39 Å². The van der Waals surface area contributed by atoms with Gasteiger partial charge in [-0.3, -0.25) is 9.59 Å². The van der Waals surface area contributed by atoms with Gasteiger partial charge in [0.25, 0.3) is 0 Å². The lowest BCUT2D eigenvalue weighted by Gasteiger charge is -2.22. The Bertz CT molecular complexity index is 787. The predicted octanol–water partition coefficient (Wildman–Crippen LogP) is 3.82. The molecule has 1 aromatic heterocycles. The fourth-order valence-corrected chi connectivity index (χ4v) is 3.50. The van der Waals surface area contributed by atoms with Crippen LogP contribution in [0.15, 0.2) is 46.9 Å². The average Bonchev–Trinajstić information content (AvgIpc) is 3.24. The van der Waals surface area contributed by atoms with E-state index in [4.69, 9.17) is 5.11 Å². The number of rotatable bonds is 6. The number of hydrogen-bond acceptors (Lipinski definition) is 4. The number of thiophene rings is 1. The molecule has 5 nitrogen and oxygen atoms in total. The monoisotopic (exact) mass is 360 g/mol. The lowest BCUT2D eigenvalue weighted by molar-refractivity contribution is -0.137. The third-order valence-electron chi connectivity index (χ3n) is 4.01. The third kappa shape index (κ3) is 4.11. The van der Waals surface area contributed by atoms with Crippen LogP contribution < -0.4 is 0 Å². The molecule has 1 N–H and O–H groups in total. The first-order valence-electron chi connectivity index (χ1n) is 7.95. The van der Waals surface area contributed by atoms with E-state index in [9.17, 15) is 14.0 Å². The van der Waals surface area contributed by atoms with Crippen LogP contribution in [-0.2, 0) is 9.59 Å². The molecule has 0 unspecified atom stereocenters. The highest BCUT2D eigenvalue weighted by Gasteiger charge is 2.33. The van der Waals surface area contributed by atoms with Gasteiger partial charge in [0.15, 0.2) is 0 Å². The number of benzene rings is 1. The van der Waals surface area contributed by atoms with Gasteiger partial charge in [-0.2, -0.15) is 5.10 Å². The summed E-state index contributed by atoms with van der Waals surface area (Å²) in [6.07, 6.45) is 0.884. The smallest absolute Gasteiger partial charge is 0.303 e. The van der Waals surface area contributed by atoms with E-state index in [1.54, 1.807) is 23.5 Å². The number of aliphatic carboxylic acids is 1. The van der Waals surface area contributed by atoms with Crippen LogP contribution in [0.3, 0.4) is 0 Å². The Morgan fingerprint density at radius 3 is 2.64 bits per heavy atom. The lowest BCUT2D eigenvalue weighted by atomic mass is 10.0. The molecule has 1 aromatic carbocycles. The van der Waals surface area contributed by atoms with Crippen LogP contribution in [-0.4, -0.2) is 27.7 Å². The van der Waals surface area contributed by atoms with Crippen molar-refractivity contribution in [2.24, 2.45) is 5.10 Å². The summed E-state index contributed by atoms with van der Waals surface area (Å²) in [6.45, 7) is 0. The minimum atomic E-state index is -0.924. The fourth-order valence-electron chi connectivity index (χ4n) is 2.78. The van der Waals surface area contributed by atoms with Crippen LogP contribution in [0.25, 0.3) is 0 Å². The molecule has 2 heterocycles. The molecule has 1 aliphatic rings. The Labute approximate surface area is 148 Å². The van der Waals surface area contributed by atoms with E-state index in [1.165, 1.54) is 17.1 Å². The van der Waals surface area contributed by atoms with Gasteiger partial charge in [-0.05, 0) is 35.6 Å². The summed E-state index contributed by atoms with van der Waals surface area (Å²) in [5.74, 6) is -1.48. The van der Waals surface area contributed by atoms with Crippen molar-refractivity contribution in [2.75, 3.05) is 0 Å². The van der Waals surface area contributed by atoms with Crippen LogP contribution in [0.5, 0.6) is 0 Å². The van der Waals surface area contributed by atoms with E-state index in [0.29, 0.717) is 6.42 Å². The van der Waals surface area contributed by atoms with Gasteiger partial charge in [0.1, 0.15) is 5.82 Å². The number of carboxylic acids is 1. The van der Waals surface area contributed by atoms with Crippen molar-refractivity contribution in [2.45, 2.75) is 31.7 Å². The molecular weight excluding hydrogens is 343 g/mol. The molecule has 25 heavy (non-hydrogen) atoms. The largest absolute Gasteiger partial charge is 0.481 e. The second kappa shape index (κ2) is 7.57. The molecule has 0 bridgehead atoms. The summed E-state index contributed by atoms with van der Waals surface area (Å²) in [6, 6.07) is 9.62. The highest BCUT2D eigenvalue weighted by atomic mass is 32.1. The number of carbonyl (C=O) groups is 2. The maximum Gasteiger partial charge on any atom is 0.303 e. The van der Waals surface area contributed by atoms with Crippen LogP contribution in [0, 0.1) is 5.82 Å². The summed E-state index contributed by atoms with van der Waals surface area (Å²) in [7, 11) is 0. The first-order chi connectivity index (χ1) is 12.0. The lowest BCUT2D eigenvalue weighted by Crippen LogP contribution is -2.27. The van der Waals surface area contributed by atoms with Crippen molar-refractivity contribution < 1.29 is 19.1 Å². The Morgan fingerprint density at radius 2 is 2.00 bits per heavy atom. The fraction of sp³-hybridized carbons (Fsp3) is 0.278. The number of hydrazone groups is 1. The zero-order chi connectivity index (χ0) is 17.8. The molecule has 0 saturated heterocycles. The van der Waals surface area contributed by atoms with Gasteiger partial charge >= 0.3 is 5.97 Å². The van der Waals surface area contributed by atoms with Crippen molar-refractivity contribution in [1.82, 2.24) is 5.01 Å². The summed E-state index contributed by atoms with van der Waals surface area (Å²) < 4.78 is 13.2. The Kier molecular flexibility index (Phi) is 5.23. The maximum absolute atomic E-state index is 13.2. The second-order valence-electron chi connectivity index (χ2n) is 5.78. The highest BCUT2D eigenvalue weighted by molar-refractivity contribution is 7.12. The Balaban J connectivity index is 1.81. The van der Waals surface area contributed by atoms with E-state index >= 15 is 0 Å². The standard InChI is InChI=1S/C18H17FN2O3S/c19-13-8-6-12(7-9-13)15-11-14(16-3-2-10-25-16)20-21(15)17(22)4-1-5-18(23)24/h2-3,6-10,15H,1,4-5,11H2,(H,23,24)/t15-/m0/s1. The van der Waals surface area contributed by atoms with Crippen LogP contribution in [0.2, 0.25) is 0 Å². The van der Waals surface area contributed by atoms with E-state index in [-0.39, 0.29) is 37.0 Å². The minimum Gasteiger partial charge on any atom is -0.481 e. The molecule has 1 aliphatic heterocycles. The van der Waals surface area contributed by atoms with Crippen LogP contribution in [0.1, 0.15) is 42.2 Å². The van der Waals surface area contributed by atoms with Crippen LogP contribution >= 0.6 is 11.3 Å². The number of amides is 1. The Morgan fingerprint density at radius 1 is 1.24 bits per heavy atom. The molecule has 130 valence electrons. The van der Waals surface area contributed by atoms with E-state index in [0.717, 1.165) is 16.2 Å². The third-order valence-corrected chi connectivity index (χ3v) is 4.93. The van der Waals surface area contributed by atoms with E-state index in [1.807, 2.05) is 17.5 Å². The minimum absolute atomic E-state index is 0.0533. The van der Waals surface area contributed by atoms with Crippen molar-refractivity contribution in [3.8, 4) is 0 Å². The SMILES string of the molecule is O=C(O)CCCC(=O)N1N=C(c2cccs2)C[C@H]1c1ccc(F)cc1. The van der Waals surface area contributed by atoms with Crippen molar-refractivity contribution in [3.05, 3.63) is 58.0 Å². The number of halogens is 1. The Hall–Kier alpha value is -2.54. The molecule has 7 heteroatoms. The van der Waals surface area contributed by atoms with Gasteiger partial charge in [-0.15, -0.1) is 11.3 Å². The molecule has 2 aromatic rings. The molecule has 1 amide bonds.